The molecule has 1 unspecified atom stereocenters. The van der Waals surface area contributed by atoms with Crippen molar-refractivity contribution >= 4 is 5.97 Å². The topological polar surface area (TPSA) is 92.3 Å². The zero-order valence-corrected chi connectivity index (χ0v) is 7.77. The van der Waals surface area contributed by atoms with Gasteiger partial charge >= 0.3 is 5.97 Å². The average Bonchev–Trinajstić information content (AvgIpc) is 2.15. The zero-order valence-electron chi connectivity index (χ0n) is 7.77. The molecule has 0 saturated heterocycles. The molecule has 0 aliphatic heterocycles. The molecule has 0 aromatic carbocycles. The molecule has 0 radical (unpaired) electrons. The van der Waals surface area contributed by atoms with Crippen LogP contribution in [-0.4, -0.2) is 28.2 Å². The molecule has 0 amide bonds. The molecule has 0 bridgehead atoms. The molecule has 6 nitrogen and oxygen atoms in total. The molecule has 6 heteroatoms. The Kier molecular flexibility index (Phi) is 2.85. The maximum Gasteiger partial charge on any atom is 0.313 e. The first-order valence-corrected chi connectivity index (χ1v) is 3.92. The molecular formula is C8H10N2O4. The number of carboxylic acid groups (broad SMARTS) is 1. The number of aromatic amines is 1. The Bertz CT molecular complexity index is 399. The van der Waals surface area contributed by atoms with Crippen LogP contribution < -0.4 is 10.3 Å². The van der Waals surface area contributed by atoms with Crippen molar-refractivity contribution in [1.29, 1.82) is 0 Å². The van der Waals surface area contributed by atoms with Crippen LogP contribution in [-0.2, 0) is 4.79 Å². The van der Waals surface area contributed by atoms with E-state index in [0.29, 0.717) is 0 Å². The summed E-state index contributed by atoms with van der Waals surface area (Å²) in [7, 11) is 1.36. The summed E-state index contributed by atoms with van der Waals surface area (Å²) >= 11 is 0. The lowest BCUT2D eigenvalue weighted by Gasteiger charge is -2.06. The molecule has 1 heterocycles. The van der Waals surface area contributed by atoms with Gasteiger partial charge in [-0.15, -0.1) is 0 Å². The van der Waals surface area contributed by atoms with Crippen LogP contribution >= 0.6 is 0 Å². The van der Waals surface area contributed by atoms with E-state index in [1.54, 1.807) is 0 Å². The molecule has 76 valence electrons. The predicted molar refractivity (Wildman–Crippen MR) is 47.5 cm³/mol. The molecule has 0 aliphatic rings. The number of hydrogen-bond acceptors (Lipinski definition) is 4. The van der Waals surface area contributed by atoms with E-state index in [4.69, 9.17) is 9.84 Å². The van der Waals surface area contributed by atoms with Crippen molar-refractivity contribution in [3.05, 3.63) is 22.2 Å². The van der Waals surface area contributed by atoms with Gasteiger partial charge in [0.05, 0.1) is 13.2 Å². The van der Waals surface area contributed by atoms with Gasteiger partial charge in [-0.2, -0.15) is 4.98 Å². The second kappa shape index (κ2) is 3.91. The molecule has 1 rings (SSSR count). The number of aromatic nitrogens is 2. The number of rotatable bonds is 3. The number of carboxylic acids is 1. The largest absolute Gasteiger partial charge is 0.481 e. The van der Waals surface area contributed by atoms with E-state index in [1.165, 1.54) is 14.0 Å². The van der Waals surface area contributed by atoms with Crippen LogP contribution in [0.1, 0.15) is 18.7 Å². The minimum atomic E-state index is -1.05. The van der Waals surface area contributed by atoms with E-state index in [2.05, 4.69) is 9.97 Å². The van der Waals surface area contributed by atoms with E-state index in [-0.39, 0.29) is 11.7 Å². The van der Waals surface area contributed by atoms with Gasteiger partial charge in [-0.05, 0) is 6.92 Å². The summed E-state index contributed by atoms with van der Waals surface area (Å²) < 4.78 is 4.74. The first-order chi connectivity index (χ1) is 6.54. The van der Waals surface area contributed by atoms with Gasteiger partial charge < -0.3 is 14.8 Å². The highest BCUT2D eigenvalue weighted by atomic mass is 16.5. The summed E-state index contributed by atoms with van der Waals surface area (Å²) in [5.41, 5.74) is -0.431. The van der Waals surface area contributed by atoms with Crippen LogP contribution in [0.2, 0.25) is 0 Å². The van der Waals surface area contributed by atoms with Crippen LogP contribution in [0.15, 0.2) is 10.9 Å². The van der Waals surface area contributed by atoms with Gasteiger partial charge in [0, 0.05) is 0 Å². The lowest BCUT2D eigenvalue weighted by atomic mass is 10.2. The maximum atomic E-state index is 11.0. The lowest BCUT2D eigenvalue weighted by molar-refractivity contribution is -0.138. The standard InChI is InChI=1S/C8H10N2O4/c1-4(8(12)13)7-9-5(11)3-6(10-7)14-2/h3-4H,1-2H3,(H,12,13)(H,9,10,11). The minimum absolute atomic E-state index is 0.0850. The number of hydrogen-bond donors (Lipinski definition) is 2. The smallest absolute Gasteiger partial charge is 0.313 e. The van der Waals surface area contributed by atoms with Gasteiger partial charge in [-0.3, -0.25) is 9.59 Å². The van der Waals surface area contributed by atoms with Crippen molar-refractivity contribution < 1.29 is 14.6 Å². The normalized spacial score (nSPS) is 12.1. The highest BCUT2D eigenvalue weighted by Gasteiger charge is 2.17. The molecule has 1 aromatic heterocycles. The lowest BCUT2D eigenvalue weighted by Crippen LogP contribution is -2.17. The van der Waals surface area contributed by atoms with Crippen molar-refractivity contribution in [3.8, 4) is 5.88 Å². The van der Waals surface area contributed by atoms with E-state index in [0.717, 1.165) is 6.07 Å². The summed E-state index contributed by atoms with van der Waals surface area (Å²) in [4.78, 5) is 27.8. The number of H-pyrrole nitrogens is 1. The van der Waals surface area contributed by atoms with Gasteiger partial charge in [0.15, 0.2) is 0 Å². The Labute approximate surface area is 79.6 Å². The Morgan fingerprint density at radius 2 is 2.36 bits per heavy atom. The van der Waals surface area contributed by atoms with Crippen molar-refractivity contribution in [2.24, 2.45) is 0 Å². The van der Waals surface area contributed by atoms with Crippen molar-refractivity contribution in [2.45, 2.75) is 12.8 Å². The zero-order chi connectivity index (χ0) is 10.7. The first-order valence-electron chi connectivity index (χ1n) is 3.92. The number of aliphatic carboxylic acids is 1. The van der Waals surface area contributed by atoms with Crippen LogP contribution in [0, 0.1) is 0 Å². The van der Waals surface area contributed by atoms with E-state index in [1.807, 2.05) is 0 Å². The van der Waals surface area contributed by atoms with Gasteiger partial charge in [-0.25, -0.2) is 0 Å². The predicted octanol–water partition coefficient (Wildman–Crippen LogP) is -0.0334. The fourth-order valence-corrected chi connectivity index (χ4v) is 0.880. The number of methoxy groups -OCH3 is 1. The fraction of sp³-hybridized carbons (Fsp3) is 0.375. The summed E-state index contributed by atoms with van der Waals surface area (Å²) in [6, 6.07) is 1.15. The third-order valence-electron chi connectivity index (χ3n) is 1.73. The molecule has 0 aliphatic carbocycles. The molecule has 0 fully saturated rings. The molecule has 1 aromatic rings. The number of carbonyl (C=O) groups is 1. The van der Waals surface area contributed by atoms with E-state index in [9.17, 15) is 9.59 Å². The monoisotopic (exact) mass is 198 g/mol. The highest BCUT2D eigenvalue weighted by Crippen LogP contribution is 2.11. The maximum absolute atomic E-state index is 11.0. The van der Waals surface area contributed by atoms with Crippen molar-refractivity contribution in [2.75, 3.05) is 7.11 Å². The van der Waals surface area contributed by atoms with Crippen molar-refractivity contribution in [3.63, 3.8) is 0 Å². The van der Waals surface area contributed by atoms with E-state index >= 15 is 0 Å². The molecule has 2 N–H and O–H groups in total. The Morgan fingerprint density at radius 3 is 2.86 bits per heavy atom. The van der Waals surface area contributed by atoms with E-state index < -0.39 is 17.4 Å². The Morgan fingerprint density at radius 1 is 1.71 bits per heavy atom. The van der Waals surface area contributed by atoms with Gasteiger partial charge in [0.25, 0.3) is 5.56 Å². The second-order valence-electron chi connectivity index (χ2n) is 2.73. The number of ether oxygens (including phenoxy) is 1. The minimum Gasteiger partial charge on any atom is -0.481 e. The molecular weight excluding hydrogens is 188 g/mol. The van der Waals surface area contributed by atoms with Crippen LogP contribution in [0.25, 0.3) is 0 Å². The Balaban J connectivity index is 3.15. The third-order valence-corrected chi connectivity index (χ3v) is 1.73. The Hall–Kier alpha value is -1.85. The summed E-state index contributed by atoms with van der Waals surface area (Å²) in [6.07, 6.45) is 0. The molecule has 0 spiro atoms. The second-order valence-corrected chi connectivity index (χ2v) is 2.73. The molecule has 0 saturated carbocycles. The van der Waals surface area contributed by atoms with Gasteiger partial charge in [-0.1, -0.05) is 0 Å². The first kappa shape index (κ1) is 10.2. The molecule has 1 atom stereocenters. The van der Waals surface area contributed by atoms with Crippen LogP contribution in [0.3, 0.4) is 0 Å². The summed E-state index contributed by atoms with van der Waals surface area (Å²) in [5, 5.41) is 8.69. The van der Waals surface area contributed by atoms with Crippen LogP contribution in [0.5, 0.6) is 5.88 Å². The SMILES string of the molecule is COc1cc(=O)[nH]c(C(C)C(=O)O)n1. The molecule has 14 heavy (non-hydrogen) atoms. The summed E-state index contributed by atoms with van der Waals surface area (Å²) in [5.74, 6) is -1.72. The average molecular weight is 198 g/mol. The van der Waals surface area contributed by atoms with Gasteiger partial charge in [0.2, 0.25) is 5.88 Å². The highest BCUT2D eigenvalue weighted by molar-refractivity contribution is 5.74. The fourth-order valence-electron chi connectivity index (χ4n) is 0.880. The van der Waals surface area contributed by atoms with Crippen LogP contribution in [0.4, 0.5) is 0 Å². The van der Waals surface area contributed by atoms with Crippen molar-refractivity contribution in [1.82, 2.24) is 9.97 Å². The number of nitrogens with one attached hydrogen (secondary N) is 1. The quantitative estimate of drug-likeness (QED) is 0.711. The third kappa shape index (κ3) is 2.09. The number of nitrogens with zero attached hydrogens (tertiary/aromatic N) is 1. The summed E-state index contributed by atoms with van der Waals surface area (Å²) in [6.45, 7) is 1.43. The van der Waals surface area contributed by atoms with Gasteiger partial charge in [0.1, 0.15) is 11.7 Å².